The van der Waals surface area contributed by atoms with Gasteiger partial charge in [-0.05, 0) is 25.7 Å². The highest BCUT2D eigenvalue weighted by Gasteiger charge is 2.17. The van der Waals surface area contributed by atoms with E-state index >= 15 is 0 Å². The van der Waals surface area contributed by atoms with Gasteiger partial charge >= 0.3 is 0 Å². The molecule has 2 rings (SSSR count). The zero-order valence-electron chi connectivity index (χ0n) is 10.9. The fourth-order valence-corrected chi connectivity index (χ4v) is 2.34. The third-order valence-electron chi connectivity index (χ3n) is 3.46. The van der Waals surface area contributed by atoms with Crippen molar-refractivity contribution in [3.05, 3.63) is 17.7 Å². The van der Waals surface area contributed by atoms with E-state index in [0.29, 0.717) is 0 Å². The van der Waals surface area contributed by atoms with Crippen LogP contribution in [0.25, 0.3) is 0 Å². The second-order valence-electron chi connectivity index (χ2n) is 4.93. The molecular formula is C13H23N3O. The summed E-state index contributed by atoms with van der Waals surface area (Å²) in [5.74, 6) is 1.88. The number of hydrogen-bond donors (Lipinski definition) is 1. The molecule has 1 atom stereocenters. The quantitative estimate of drug-likeness (QED) is 0.870. The first-order valence-corrected chi connectivity index (χ1v) is 6.60. The predicted molar refractivity (Wildman–Crippen MR) is 67.8 cm³/mol. The summed E-state index contributed by atoms with van der Waals surface area (Å²) in [6.07, 6.45) is 5.42. The molecule has 4 nitrogen and oxygen atoms in total. The number of hydrogen-bond acceptors (Lipinski definition) is 3. The molecule has 0 aromatic carbocycles. The van der Waals surface area contributed by atoms with E-state index in [-0.39, 0.29) is 6.04 Å². The molecule has 96 valence electrons. The Bertz CT molecular complexity index is 354. The largest absolute Gasteiger partial charge is 0.381 e. The van der Waals surface area contributed by atoms with Gasteiger partial charge in [-0.1, -0.05) is 6.92 Å². The number of ether oxygens (including phenoxy) is 1. The predicted octanol–water partition coefficient (Wildman–Crippen LogP) is 1.89. The second-order valence-corrected chi connectivity index (χ2v) is 4.93. The summed E-state index contributed by atoms with van der Waals surface area (Å²) in [4.78, 5) is 4.60. The van der Waals surface area contributed by atoms with Gasteiger partial charge in [-0.25, -0.2) is 4.98 Å². The summed E-state index contributed by atoms with van der Waals surface area (Å²) in [7, 11) is 0. The molecule has 0 bridgehead atoms. The van der Waals surface area contributed by atoms with Gasteiger partial charge < -0.3 is 15.0 Å². The highest BCUT2D eigenvalue weighted by atomic mass is 16.5. The lowest BCUT2D eigenvalue weighted by molar-refractivity contribution is 0.0610. The number of rotatable bonds is 4. The lowest BCUT2D eigenvalue weighted by Gasteiger charge is -2.22. The minimum Gasteiger partial charge on any atom is -0.381 e. The smallest absolute Gasteiger partial charge is 0.108 e. The van der Waals surface area contributed by atoms with Gasteiger partial charge in [0.2, 0.25) is 0 Å². The van der Waals surface area contributed by atoms with E-state index in [2.05, 4.69) is 22.7 Å². The molecular weight excluding hydrogens is 214 g/mol. The molecule has 1 aromatic heterocycles. The van der Waals surface area contributed by atoms with Gasteiger partial charge in [-0.15, -0.1) is 0 Å². The fourth-order valence-electron chi connectivity index (χ4n) is 2.34. The highest BCUT2D eigenvalue weighted by molar-refractivity contribution is 5.08. The fraction of sp³-hybridized carbons (Fsp3) is 0.769. The first-order chi connectivity index (χ1) is 8.20. The van der Waals surface area contributed by atoms with Crippen LogP contribution in [0.15, 0.2) is 6.20 Å². The lowest BCUT2D eigenvalue weighted by Crippen LogP contribution is -2.21. The maximum atomic E-state index is 5.89. The Balaban J connectivity index is 2.07. The van der Waals surface area contributed by atoms with E-state index in [9.17, 15) is 0 Å². The number of aryl methyl sites for hydroxylation is 1. The highest BCUT2D eigenvalue weighted by Crippen LogP contribution is 2.19. The molecule has 0 spiro atoms. The van der Waals surface area contributed by atoms with Crippen molar-refractivity contribution in [2.45, 2.75) is 45.7 Å². The van der Waals surface area contributed by atoms with E-state index in [0.717, 1.165) is 56.5 Å². The van der Waals surface area contributed by atoms with Crippen LogP contribution < -0.4 is 5.73 Å². The number of nitrogens with two attached hydrogens (primary N) is 1. The maximum Gasteiger partial charge on any atom is 0.108 e. The molecule has 1 aliphatic rings. The molecule has 0 radical (unpaired) electrons. The van der Waals surface area contributed by atoms with Crippen molar-refractivity contribution in [2.75, 3.05) is 13.2 Å². The van der Waals surface area contributed by atoms with Crippen molar-refractivity contribution in [1.29, 1.82) is 0 Å². The van der Waals surface area contributed by atoms with Gasteiger partial charge in [-0.2, -0.15) is 0 Å². The van der Waals surface area contributed by atoms with Crippen LogP contribution >= 0.6 is 0 Å². The topological polar surface area (TPSA) is 53.1 Å². The monoisotopic (exact) mass is 237 g/mol. The standard InChI is InChI=1S/C13H23N3O/c1-3-13-15-12(10(2)14)9-16(13)8-11-4-6-17-7-5-11/h9-11H,3-8,14H2,1-2H3/t10-/m1/s1. The zero-order valence-corrected chi connectivity index (χ0v) is 10.9. The van der Waals surface area contributed by atoms with Crippen molar-refractivity contribution in [3.63, 3.8) is 0 Å². The Morgan fingerprint density at radius 2 is 2.24 bits per heavy atom. The second kappa shape index (κ2) is 5.65. The van der Waals surface area contributed by atoms with Crippen LogP contribution in [-0.2, 0) is 17.7 Å². The summed E-state index contributed by atoms with van der Waals surface area (Å²) in [6, 6.07) is 0.0243. The first kappa shape index (κ1) is 12.6. The van der Waals surface area contributed by atoms with Gasteiger partial charge in [0.1, 0.15) is 5.82 Å². The molecule has 2 heterocycles. The zero-order chi connectivity index (χ0) is 12.3. The molecule has 1 aromatic rings. The maximum absolute atomic E-state index is 5.89. The van der Waals surface area contributed by atoms with E-state index in [1.54, 1.807) is 0 Å². The summed E-state index contributed by atoms with van der Waals surface area (Å²) in [5, 5.41) is 0. The van der Waals surface area contributed by atoms with Crippen molar-refractivity contribution in [1.82, 2.24) is 9.55 Å². The van der Waals surface area contributed by atoms with Gasteiger partial charge in [0, 0.05) is 38.4 Å². The Morgan fingerprint density at radius 3 is 2.82 bits per heavy atom. The van der Waals surface area contributed by atoms with Gasteiger partial charge in [-0.3, -0.25) is 0 Å². The molecule has 0 aliphatic carbocycles. The average molecular weight is 237 g/mol. The molecule has 2 N–H and O–H groups in total. The molecule has 4 heteroatoms. The Hall–Kier alpha value is -0.870. The van der Waals surface area contributed by atoms with Crippen LogP contribution in [0, 0.1) is 5.92 Å². The van der Waals surface area contributed by atoms with E-state index in [1.807, 2.05) is 6.92 Å². The summed E-state index contributed by atoms with van der Waals surface area (Å²) >= 11 is 0. The lowest BCUT2D eigenvalue weighted by atomic mass is 10.0. The van der Waals surface area contributed by atoms with Crippen molar-refractivity contribution in [2.24, 2.45) is 11.7 Å². The van der Waals surface area contributed by atoms with E-state index in [1.165, 1.54) is 0 Å². The van der Waals surface area contributed by atoms with Gasteiger partial charge in [0.05, 0.1) is 5.69 Å². The first-order valence-electron chi connectivity index (χ1n) is 6.60. The third-order valence-corrected chi connectivity index (χ3v) is 3.46. The van der Waals surface area contributed by atoms with Crippen LogP contribution in [0.4, 0.5) is 0 Å². The summed E-state index contributed by atoms with van der Waals surface area (Å²) < 4.78 is 7.68. The van der Waals surface area contributed by atoms with Gasteiger partial charge in [0.25, 0.3) is 0 Å². The van der Waals surface area contributed by atoms with Crippen LogP contribution in [0.2, 0.25) is 0 Å². The minimum atomic E-state index is 0.0243. The van der Waals surface area contributed by atoms with Crippen LogP contribution in [0.3, 0.4) is 0 Å². The average Bonchev–Trinajstić information content (AvgIpc) is 2.74. The van der Waals surface area contributed by atoms with Crippen LogP contribution in [0.1, 0.15) is 44.2 Å². The van der Waals surface area contributed by atoms with E-state index < -0.39 is 0 Å². The normalized spacial score (nSPS) is 19.5. The molecule has 0 saturated carbocycles. The van der Waals surface area contributed by atoms with Crippen molar-refractivity contribution >= 4 is 0 Å². The van der Waals surface area contributed by atoms with Crippen molar-refractivity contribution < 1.29 is 4.74 Å². The number of nitrogens with zero attached hydrogens (tertiary/aromatic N) is 2. The van der Waals surface area contributed by atoms with E-state index in [4.69, 9.17) is 10.5 Å². The summed E-state index contributed by atoms with van der Waals surface area (Å²) in [6.45, 7) is 7.00. The Kier molecular flexibility index (Phi) is 4.18. The van der Waals surface area contributed by atoms with Crippen LogP contribution in [-0.4, -0.2) is 22.8 Å². The SMILES string of the molecule is CCc1nc([C@@H](C)N)cn1CC1CCOCC1. The molecule has 1 saturated heterocycles. The Labute approximate surface area is 103 Å². The molecule has 0 amide bonds. The van der Waals surface area contributed by atoms with Gasteiger partial charge in [0.15, 0.2) is 0 Å². The third kappa shape index (κ3) is 3.07. The molecule has 1 aliphatic heterocycles. The molecule has 17 heavy (non-hydrogen) atoms. The molecule has 1 fully saturated rings. The van der Waals surface area contributed by atoms with Crippen molar-refractivity contribution in [3.8, 4) is 0 Å². The number of aromatic nitrogens is 2. The Morgan fingerprint density at radius 1 is 1.53 bits per heavy atom. The number of imidazole rings is 1. The van der Waals surface area contributed by atoms with Crippen LogP contribution in [0.5, 0.6) is 0 Å². The molecule has 0 unspecified atom stereocenters. The minimum absolute atomic E-state index is 0.0243. The summed E-state index contributed by atoms with van der Waals surface area (Å²) in [5.41, 5.74) is 6.90.